The summed E-state index contributed by atoms with van der Waals surface area (Å²) in [6, 6.07) is 5.18. The molecule has 104 valence electrons. The molecule has 0 saturated heterocycles. The first-order valence-electron chi connectivity index (χ1n) is 5.31. The second-order valence-corrected chi connectivity index (χ2v) is 4.72. The van der Waals surface area contributed by atoms with Gasteiger partial charge in [0, 0.05) is 17.3 Å². The zero-order valence-electron chi connectivity index (χ0n) is 9.71. The lowest BCUT2D eigenvalue weighted by molar-refractivity contribution is -0.137. The van der Waals surface area contributed by atoms with E-state index in [0.29, 0.717) is 18.0 Å². The van der Waals surface area contributed by atoms with Crippen LogP contribution in [0.15, 0.2) is 30.5 Å². The van der Waals surface area contributed by atoms with Gasteiger partial charge in [-0.2, -0.15) is 13.2 Å². The Hall–Kier alpha value is -1.59. The van der Waals surface area contributed by atoms with Crippen LogP contribution in [0.3, 0.4) is 0 Å². The Morgan fingerprint density at radius 1 is 1.10 bits per heavy atom. The first kappa shape index (κ1) is 14.8. The molecule has 0 atom stereocenters. The van der Waals surface area contributed by atoms with Crippen molar-refractivity contribution in [2.45, 2.75) is 6.18 Å². The van der Waals surface area contributed by atoms with Crippen LogP contribution in [0.25, 0.3) is 11.3 Å². The van der Waals surface area contributed by atoms with Crippen molar-refractivity contribution in [2.24, 2.45) is 0 Å². The number of hydrogen-bond acceptors (Lipinski definition) is 2. The van der Waals surface area contributed by atoms with Gasteiger partial charge in [-0.15, -0.1) is 0 Å². The van der Waals surface area contributed by atoms with Crippen LogP contribution in [0.5, 0.6) is 0 Å². The molecule has 1 aromatic carbocycles. The molecule has 1 aromatic heterocycles. The molecule has 0 fully saturated rings. The average Bonchev–Trinajstić information content (AvgIpc) is 2.38. The molecule has 2 nitrogen and oxygen atoms in total. The van der Waals surface area contributed by atoms with Crippen LogP contribution in [0, 0.1) is 0 Å². The largest absolute Gasteiger partial charge is 0.417 e. The Balaban J connectivity index is 2.51. The van der Waals surface area contributed by atoms with Crippen LogP contribution in [0.4, 0.5) is 13.2 Å². The van der Waals surface area contributed by atoms with Gasteiger partial charge in [-0.25, -0.2) is 0 Å². The van der Waals surface area contributed by atoms with Crippen LogP contribution in [0.1, 0.15) is 15.9 Å². The van der Waals surface area contributed by atoms with E-state index in [2.05, 4.69) is 4.98 Å². The van der Waals surface area contributed by atoms with E-state index in [9.17, 15) is 18.0 Å². The molecule has 0 aliphatic carbocycles. The van der Waals surface area contributed by atoms with E-state index in [0.717, 1.165) is 6.07 Å². The van der Waals surface area contributed by atoms with Gasteiger partial charge in [-0.3, -0.25) is 9.78 Å². The molecule has 0 N–H and O–H groups in total. The number of aldehydes is 1. The second-order valence-electron chi connectivity index (χ2n) is 3.91. The molecule has 0 radical (unpaired) electrons. The minimum Gasteiger partial charge on any atom is -0.298 e. The van der Waals surface area contributed by atoms with Gasteiger partial charge in [0.2, 0.25) is 0 Å². The van der Waals surface area contributed by atoms with Gasteiger partial charge in [0.1, 0.15) is 0 Å². The standard InChI is InChI=1S/C13H6Cl2F3NO/c14-10-2-1-7(3-8(10)6-20)12-11(15)4-9(5-19-12)13(16,17)18/h1-6H. The number of aromatic nitrogens is 1. The van der Waals surface area contributed by atoms with Crippen LogP contribution < -0.4 is 0 Å². The van der Waals surface area contributed by atoms with Crippen LogP contribution in [-0.2, 0) is 6.18 Å². The van der Waals surface area contributed by atoms with E-state index in [1.54, 1.807) is 0 Å². The van der Waals surface area contributed by atoms with Gasteiger partial charge in [-0.1, -0.05) is 29.3 Å². The van der Waals surface area contributed by atoms with Gasteiger partial charge < -0.3 is 0 Å². The zero-order chi connectivity index (χ0) is 14.9. The molecule has 0 bridgehead atoms. The predicted molar refractivity (Wildman–Crippen MR) is 70.1 cm³/mol. The normalized spacial score (nSPS) is 11.4. The number of alkyl halides is 3. The lowest BCUT2D eigenvalue weighted by Gasteiger charge is -2.09. The molecular weight excluding hydrogens is 314 g/mol. The summed E-state index contributed by atoms with van der Waals surface area (Å²) in [4.78, 5) is 14.5. The third-order valence-electron chi connectivity index (χ3n) is 2.56. The molecule has 7 heteroatoms. The zero-order valence-corrected chi connectivity index (χ0v) is 11.2. The number of nitrogens with zero attached hydrogens (tertiary/aromatic N) is 1. The summed E-state index contributed by atoms with van der Waals surface area (Å²) in [5.74, 6) is 0. The topological polar surface area (TPSA) is 30.0 Å². The van der Waals surface area contributed by atoms with Crippen molar-refractivity contribution in [3.8, 4) is 11.3 Å². The Kier molecular flexibility index (Phi) is 4.01. The highest BCUT2D eigenvalue weighted by molar-refractivity contribution is 6.34. The number of halogens is 5. The lowest BCUT2D eigenvalue weighted by atomic mass is 10.1. The van der Waals surface area contributed by atoms with Crippen molar-refractivity contribution < 1.29 is 18.0 Å². The fraction of sp³-hybridized carbons (Fsp3) is 0.0769. The Morgan fingerprint density at radius 2 is 1.80 bits per heavy atom. The summed E-state index contributed by atoms with van der Waals surface area (Å²) >= 11 is 11.6. The number of hydrogen-bond donors (Lipinski definition) is 0. The van der Waals surface area contributed by atoms with Crippen molar-refractivity contribution in [3.63, 3.8) is 0 Å². The number of pyridine rings is 1. The van der Waals surface area contributed by atoms with E-state index in [1.807, 2.05) is 0 Å². The molecule has 2 rings (SSSR count). The molecule has 2 aromatic rings. The highest BCUT2D eigenvalue weighted by atomic mass is 35.5. The average molecular weight is 320 g/mol. The minimum atomic E-state index is -4.51. The molecular formula is C13H6Cl2F3NO. The molecule has 1 heterocycles. The van der Waals surface area contributed by atoms with E-state index in [1.165, 1.54) is 18.2 Å². The summed E-state index contributed by atoms with van der Waals surface area (Å²) in [5, 5.41) is 0.0887. The first-order valence-corrected chi connectivity index (χ1v) is 6.06. The van der Waals surface area contributed by atoms with Gasteiger partial charge in [0.05, 0.1) is 21.3 Å². The van der Waals surface area contributed by atoms with Gasteiger partial charge in [0.15, 0.2) is 6.29 Å². The third-order valence-corrected chi connectivity index (χ3v) is 3.20. The van der Waals surface area contributed by atoms with Crippen molar-refractivity contribution in [1.82, 2.24) is 4.98 Å². The molecule has 0 aliphatic rings. The summed E-state index contributed by atoms with van der Waals surface area (Å²) in [6.45, 7) is 0. The van der Waals surface area contributed by atoms with Crippen LogP contribution in [0.2, 0.25) is 10.0 Å². The van der Waals surface area contributed by atoms with Crippen molar-refractivity contribution >= 4 is 29.5 Å². The molecule has 20 heavy (non-hydrogen) atoms. The van der Waals surface area contributed by atoms with Crippen molar-refractivity contribution in [1.29, 1.82) is 0 Å². The van der Waals surface area contributed by atoms with E-state index in [4.69, 9.17) is 23.2 Å². The highest BCUT2D eigenvalue weighted by Crippen LogP contribution is 2.34. The first-order chi connectivity index (χ1) is 9.32. The smallest absolute Gasteiger partial charge is 0.298 e. The van der Waals surface area contributed by atoms with E-state index in [-0.39, 0.29) is 21.3 Å². The maximum Gasteiger partial charge on any atom is 0.417 e. The van der Waals surface area contributed by atoms with Gasteiger partial charge in [-0.05, 0) is 18.2 Å². The molecule has 0 aliphatic heterocycles. The summed E-state index contributed by atoms with van der Waals surface area (Å²) in [7, 11) is 0. The maximum atomic E-state index is 12.5. The monoisotopic (exact) mass is 319 g/mol. The van der Waals surface area contributed by atoms with E-state index < -0.39 is 11.7 Å². The SMILES string of the molecule is O=Cc1cc(-c2ncc(C(F)(F)F)cc2Cl)ccc1Cl. The summed E-state index contributed by atoms with van der Waals surface area (Å²) in [5.41, 5.74) is -0.160. The van der Waals surface area contributed by atoms with Gasteiger partial charge >= 0.3 is 6.18 Å². The maximum absolute atomic E-state index is 12.5. The summed E-state index contributed by atoms with van der Waals surface area (Å²) < 4.78 is 37.5. The minimum absolute atomic E-state index is 0.152. The quantitative estimate of drug-likeness (QED) is 0.738. The lowest BCUT2D eigenvalue weighted by Crippen LogP contribution is -2.05. The number of carbonyl (C=O) groups excluding carboxylic acids is 1. The van der Waals surface area contributed by atoms with Crippen molar-refractivity contribution in [2.75, 3.05) is 0 Å². The fourth-order valence-electron chi connectivity index (χ4n) is 1.59. The second kappa shape index (κ2) is 5.42. The van der Waals surface area contributed by atoms with Crippen molar-refractivity contribution in [3.05, 3.63) is 51.6 Å². The molecule has 0 amide bonds. The Labute approximate surface area is 122 Å². The molecule has 0 spiro atoms. The fourth-order valence-corrected chi connectivity index (χ4v) is 2.02. The highest BCUT2D eigenvalue weighted by Gasteiger charge is 2.31. The molecule has 0 unspecified atom stereocenters. The van der Waals surface area contributed by atoms with Crippen LogP contribution >= 0.6 is 23.2 Å². The number of carbonyl (C=O) groups is 1. The van der Waals surface area contributed by atoms with Crippen LogP contribution in [-0.4, -0.2) is 11.3 Å². The van der Waals surface area contributed by atoms with E-state index >= 15 is 0 Å². The third kappa shape index (κ3) is 2.94. The number of benzene rings is 1. The molecule has 0 saturated carbocycles. The Bertz CT molecular complexity index is 671. The summed E-state index contributed by atoms with van der Waals surface area (Å²) in [6.07, 6.45) is -3.27. The van der Waals surface area contributed by atoms with Gasteiger partial charge in [0.25, 0.3) is 0 Å². The number of rotatable bonds is 2. The Morgan fingerprint density at radius 3 is 2.35 bits per heavy atom. The predicted octanol–water partition coefficient (Wildman–Crippen LogP) is 4.89.